The van der Waals surface area contributed by atoms with Crippen molar-refractivity contribution in [2.45, 2.75) is 26.7 Å². The summed E-state index contributed by atoms with van der Waals surface area (Å²) in [6, 6.07) is 21.2. The Morgan fingerprint density at radius 3 is 2.50 bits per heavy atom. The van der Waals surface area contributed by atoms with Crippen LogP contribution in [0.15, 0.2) is 66.9 Å². The number of carbonyl (C=O) groups is 1. The van der Waals surface area contributed by atoms with E-state index in [0.717, 1.165) is 46.4 Å². The third-order valence-corrected chi connectivity index (χ3v) is 5.80. The number of nitrogens with zero attached hydrogens (tertiary/aromatic N) is 3. The van der Waals surface area contributed by atoms with Crippen molar-refractivity contribution in [1.82, 2.24) is 9.55 Å². The molecule has 2 heterocycles. The molecule has 0 saturated heterocycles. The predicted octanol–water partition coefficient (Wildman–Crippen LogP) is 5.62. The van der Waals surface area contributed by atoms with Gasteiger partial charge in [0.2, 0.25) is 5.91 Å². The number of benzene rings is 2. The molecule has 0 aliphatic carbocycles. The fourth-order valence-electron chi connectivity index (χ4n) is 3.80. The van der Waals surface area contributed by atoms with E-state index in [0.29, 0.717) is 0 Å². The second-order valence-electron chi connectivity index (χ2n) is 7.80. The van der Waals surface area contributed by atoms with Gasteiger partial charge in [-0.05, 0) is 41.8 Å². The lowest BCUT2D eigenvalue weighted by Crippen LogP contribution is -2.22. The van der Waals surface area contributed by atoms with Gasteiger partial charge in [0, 0.05) is 63.1 Å². The number of amides is 1. The van der Waals surface area contributed by atoms with Crippen molar-refractivity contribution in [1.29, 1.82) is 0 Å². The first-order chi connectivity index (χ1) is 14.5. The molecule has 4 nitrogen and oxygen atoms in total. The number of hydrogen-bond acceptors (Lipinski definition) is 2. The molecule has 0 aliphatic rings. The second-order valence-corrected chi connectivity index (χ2v) is 7.80. The number of aromatic nitrogens is 2. The van der Waals surface area contributed by atoms with Gasteiger partial charge < -0.3 is 9.47 Å². The van der Waals surface area contributed by atoms with Crippen molar-refractivity contribution in [2.75, 3.05) is 11.9 Å². The largest absolute Gasteiger partial charge is 0.344 e. The van der Waals surface area contributed by atoms with E-state index in [9.17, 15) is 4.79 Å². The van der Waals surface area contributed by atoms with Crippen molar-refractivity contribution in [3.8, 4) is 11.3 Å². The molecule has 0 unspecified atom stereocenters. The summed E-state index contributed by atoms with van der Waals surface area (Å²) in [5, 5.41) is 1.11. The third-order valence-electron chi connectivity index (χ3n) is 5.80. The van der Waals surface area contributed by atoms with Crippen molar-refractivity contribution < 1.29 is 6.22 Å². The summed E-state index contributed by atoms with van der Waals surface area (Å²) in [5.74, 6) is 0.0185. The van der Waals surface area contributed by atoms with Crippen LogP contribution in [-0.2, 0) is 24.7 Å². The van der Waals surface area contributed by atoms with Gasteiger partial charge in [0.05, 0.1) is 5.52 Å². The zero-order valence-corrected chi connectivity index (χ0v) is 18.0. The summed E-state index contributed by atoms with van der Waals surface area (Å²) in [6.45, 7) is 3.75. The minimum absolute atomic E-state index is 0. The molecule has 0 saturated carbocycles. The summed E-state index contributed by atoms with van der Waals surface area (Å²) in [7, 11) is 3.88. The predicted molar refractivity (Wildman–Crippen MR) is 126 cm³/mol. The van der Waals surface area contributed by atoms with Crippen LogP contribution in [0.2, 0.25) is 0 Å². The molecule has 154 valence electrons. The number of fused-ring (bicyclic) bond motifs is 1. The summed E-state index contributed by atoms with van der Waals surface area (Å²) < 4.78 is 2.20. The van der Waals surface area contributed by atoms with Gasteiger partial charge in [-0.2, -0.15) is 0 Å². The van der Waals surface area contributed by atoms with Gasteiger partial charge in [0.1, 0.15) is 0 Å². The van der Waals surface area contributed by atoms with Crippen molar-refractivity contribution in [3.63, 3.8) is 0 Å². The summed E-state index contributed by atoms with van der Waals surface area (Å²) >= 11 is 0. The Hall–Kier alpha value is -3.40. The highest BCUT2D eigenvalue weighted by atomic mass is 16.2. The lowest BCUT2D eigenvalue weighted by molar-refractivity contribution is -0.116. The number of carbonyl (C=O) groups excluding carboxylic acids is 1. The maximum atomic E-state index is 11.7. The van der Waals surface area contributed by atoms with Crippen LogP contribution >= 0.6 is 0 Å². The Kier molecular flexibility index (Phi) is 5.40. The maximum absolute atomic E-state index is 11.7. The van der Waals surface area contributed by atoms with Crippen LogP contribution in [-0.4, -0.2) is 22.5 Å². The van der Waals surface area contributed by atoms with Crippen LogP contribution in [0.1, 0.15) is 32.1 Å². The number of pyridine rings is 1. The van der Waals surface area contributed by atoms with Gasteiger partial charge in [-0.15, -0.1) is 0 Å². The smallest absolute Gasteiger partial charge is 0.223 e. The highest BCUT2D eigenvalue weighted by molar-refractivity contribution is 5.92. The lowest BCUT2D eigenvalue weighted by Gasteiger charge is -2.16. The average Bonchev–Trinajstić information content (AvgIpc) is 3.10. The Bertz CT molecular complexity index is 1210. The molecule has 0 N–H and O–H groups in total. The van der Waals surface area contributed by atoms with Gasteiger partial charge in [-0.3, -0.25) is 9.78 Å². The molecular weight excluding hydrogens is 370 g/mol. The molecule has 0 bridgehead atoms. The fourth-order valence-corrected chi connectivity index (χ4v) is 3.80. The van der Waals surface area contributed by atoms with E-state index in [1.54, 1.807) is 18.9 Å². The highest BCUT2D eigenvalue weighted by Gasteiger charge is 2.12. The molecule has 0 fully saturated rings. The molecule has 4 aromatic rings. The van der Waals surface area contributed by atoms with E-state index in [1.807, 2.05) is 18.3 Å². The number of rotatable bonds is 5. The Balaban J connectivity index is 0.00000272. The second kappa shape index (κ2) is 8.15. The van der Waals surface area contributed by atoms with E-state index >= 15 is 0 Å². The van der Waals surface area contributed by atoms with Crippen molar-refractivity contribution in [3.05, 3.63) is 83.7 Å². The monoisotopic (exact) mass is 399 g/mol. The van der Waals surface area contributed by atoms with E-state index < -0.39 is 0 Å². The summed E-state index contributed by atoms with van der Waals surface area (Å²) in [4.78, 5) is 18.1. The molecule has 4 heteroatoms. The Labute approximate surface area is 179 Å². The van der Waals surface area contributed by atoms with Crippen LogP contribution in [0.3, 0.4) is 0 Å². The van der Waals surface area contributed by atoms with Crippen molar-refractivity contribution >= 4 is 22.5 Å². The molecule has 2 aromatic carbocycles. The first kappa shape index (κ1) is 19.9. The van der Waals surface area contributed by atoms with Gasteiger partial charge >= 0.3 is 0 Å². The lowest BCUT2D eigenvalue weighted by atomic mass is 10.1. The summed E-state index contributed by atoms with van der Waals surface area (Å²) in [5.41, 5.74) is 7.92. The Morgan fingerprint density at radius 1 is 1.07 bits per heavy atom. The molecule has 0 radical (unpaired) electrons. The molecule has 0 atom stereocenters. The van der Waals surface area contributed by atoms with Crippen LogP contribution in [0.5, 0.6) is 0 Å². The molecule has 0 spiro atoms. The highest BCUT2D eigenvalue weighted by Crippen LogP contribution is 2.30. The van der Waals surface area contributed by atoms with E-state index in [2.05, 4.69) is 67.1 Å². The number of hydrogen-bond donors (Lipinski definition) is 0. The number of anilines is 1. The molecule has 1 amide bonds. The maximum Gasteiger partial charge on any atom is 0.223 e. The van der Waals surface area contributed by atoms with Crippen LogP contribution < -0.4 is 4.90 Å². The molecular formula is C26H29N3O. The molecule has 30 heavy (non-hydrogen) atoms. The normalized spacial score (nSPS) is 11.1. The SMILES string of the molecule is CCc1ccc(Cc2cc3c(cn2)cc(-c2cccc(N(C)C(C)=O)c2)n3C)cc1.[HH]. The van der Waals surface area contributed by atoms with Gasteiger partial charge in [0.15, 0.2) is 0 Å². The minimum atomic E-state index is 0. The van der Waals surface area contributed by atoms with Crippen LogP contribution in [0, 0.1) is 0 Å². The zero-order valence-electron chi connectivity index (χ0n) is 18.0. The topological polar surface area (TPSA) is 38.1 Å². The summed E-state index contributed by atoms with van der Waals surface area (Å²) in [6.07, 6.45) is 3.83. The van der Waals surface area contributed by atoms with Crippen LogP contribution in [0.4, 0.5) is 5.69 Å². The first-order valence-corrected chi connectivity index (χ1v) is 10.3. The van der Waals surface area contributed by atoms with Gasteiger partial charge in [0.25, 0.3) is 0 Å². The van der Waals surface area contributed by atoms with Crippen LogP contribution in [0.25, 0.3) is 22.2 Å². The van der Waals surface area contributed by atoms with Gasteiger partial charge in [-0.25, -0.2) is 0 Å². The Morgan fingerprint density at radius 2 is 1.80 bits per heavy atom. The number of aryl methyl sites for hydroxylation is 2. The zero-order chi connectivity index (χ0) is 21.3. The standard InChI is InChI=1S/C26H27N3O.H2/c1-5-19-9-11-20(12-10-19)13-23-16-26-22(17-27-23)15-25(29(26)4)21-7-6-8-24(14-21)28(3)18(2)30;/h6-12,14-17H,5,13H2,1-4H3;1H. The van der Waals surface area contributed by atoms with Crippen molar-refractivity contribution in [2.24, 2.45) is 7.05 Å². The van der Waals surface area contributed by atoms with E-state index in [1.165, 1.54) is 11.1 Å². The molecule has 0 aliphatic heterocycles. The molecule has 4 rings (SSSR count). The average molecular weight is 400 g/mol. The van der Waals surface area contributed by atoms with Gasteiger partial charge in [-0.1, -0.05) is 43.3 Å². The van der Waals surface area contributed by atoms with E-state index in [-0.39, 0.29) is 7.33 Å². The fraction of sp³-hybridized carbons (Fsp3) is 0.231. The molecule has 2 aromatic heterocycles. The first-order valence-electron chi connectivity index (χ1n) is 10.3. The third kappa shape index (κ3) is 3.86. The quantitative estimate of drug-likeness (QED) is 0.437. The minimum Gasteiger partial charge on any atom is -0.344 e. The van der Waals surface area contributed by atoms with E-state index in [4.69, 9.17) is 4.98 Å².